The number of rotatable bonds is 8. The molecule has 1 aromatic heterocycles. The number of fused-ring (bicyclic) bond motifs is 1. The van der Waals surface area contributed by atoms with E-state index in [9.17, 15) is 14.3 Å². The van der Waals surface area contributed by atoms with Crippen LogP contribution in [-0.2, 0) is 4.79 Å². The predicted octanol–water partition coefficient (Wildman–Crippen LogP) is 3.39. The van der Waals surface area contributed by atoms with Gasteiger partial charge >= 0.3 is 0 Å². The molecule has 33 heavy (non-hydrogen) atoms. The molecule has 3 aromatic rings. The minimum absolute atomic E-state index is 0.129. The molecular formula is C24H26FN5O3. The predicted molar refractivity (Wildman–Crippen MR) is 125 cm³/mol. The number of hydrogen-bond donors (Lipinski definition) is 3. The summed E-state index contributed by atoms with van der Waals surface area (Å²) in [6.45, 7) is 3.34. The molecule has 1 atom stereocenters. The van der Waals surface area contributed by atoms with Gasteiger partial charge in [-0.25, -0.2) is 14.4 Å². The number of amides is 1. The third-order valence-corrected chi connectivity index (χ3v) is 5.72. The molecule has 0 aliphatic carbocycles. The number of ether oxygens (including phenoxy) is 1. The maximum atomic E-state index is 13.6. The number of hydrogen-bond acceptors (Lipinski definition) is 7. The second-order valence-corrected chi connectivity index (χ2v) is 7.89. The van der Waals surface area contributed by atoms with Crippen LogP contribution in [-0.4, -0.2) is 58.7 Å². The molecule has 9 heteroatoms. The van der Waals surface area contributed by atoms with Crippen molar-refractivity contribution in [3.8, 4) is 5.75 Å². The Bertz CT molecular complexity index is 1200. The van der Waals surface area contributed by atoms with E-state index in [4.69, 9.17) is 4.74 Å². The average molecular weight is 452 g/mol. The van der Waals surface area contributed by atoms with E-state index in [1.54, 1.807) is 37.3 Å². The minimum atomic E-state index is -0.297. The van der Waals surface area contributed by atoms with Crippen LogP contribution in [0, 0.1) is 12.7 Å². The SMILES string of the molecule is COc1cc2ncnc(Nc3ccc(F)c(C)c3)c2cc1NC(=O)/C=C/CN1CCC1CO. The lowest BCUT2D eigenvalue weighted by Gasteiger charge is -2.39. The zero-order chi connectivity index (χ0) is 23.4. The van der Waals surface area contributed by atoms with Crippen LogP contribution >= 0.6 is 0 Å². The van der Waals surface area contributed by atoms with Gasteiger partial charge in [0, 0.05) is 42.3 Å². The Morgan fingerprint density at radius 3 is 2.88 bits per heavy atom. The van der Waals surface area contributed by atoms with Crippen molar-refractivity contribution in [3.05, 3.63) is 60.2 Å². The number of carbonyl (C=O) groups excluding carboxylic acids is 1. The number of halogens is 1. The standard InChI is InChI=1S/C24H26FN5O3/c1-15-10-16(5-6-19(15)25)28-24-18-11-21(22(33-2)12-20(18)26-14-27-24)29-23(32)4-3-8-30-9-7-17(30)13-31/h3-6,10-12,14,17,31H,7-9,13H2,1-2H3,(H,29,32)(H,26,27,28)/b4-3+. The molecule has 172 valence electrons. The van der Waals surface area contributed by atoms with E-state index >= 15 is 0 Å². The first-order valence-corrected chi connectivity index (χ1v) is 10.7. The third-order valence-electron chi connectivity index (χ3n) is 5.72. The first-order valence-electron chi connectivity index (χ1n) is 10.7. The summed E-state index contributed by atoms with van der Waals surface area (Å²) in [6, 6.07) is 8.37. The summed E-state index contributed by atoms with van der Waals surface area (Å²) in [6.07, 6.45) is 5.65. The normalized spacial score (nSPS) is 16.1. The van der Waals surface area contributed by atoms with Gasteiger partial charge in [0.25, 0.3) is 0 Å². The Labute approximate surface area is 191 Å². The third kappa shape index (κ3) is 5.10. The summed E-state index contributed by atoms with van der Waals surface area (Å²) >= 11 is 0. The van der Waals surface area contributed by atoms with Gasteiger partial charge in [0.05, 0.1) is 24.9 Å². The molecule has 8 nitrogen and oxygen atoms in total. The van der Waals surface area contributed by atoms with Crippen LogP contribution in [0.4, 0.5) is 21.6 Å². The van der Waals surface area contributed by atoms with Crippen LogP contribution in [0.3, 0.4) is 0 Å². The summed E-state index contributed by atoms with van der Waals surface area (Å²) in [5.41, 5.74) is 2.31. The molecule has 1 fully saturated rings. The highest BCUT2D eigenvalue weighted by Crippen LogP contribution is 2.33. The second-order valence-electron chi connectivity index (χ2n) is 7.89. The van der Waals surface area contributed by atoms with Gasteiger partial charge in [-0.3, -0.25) is 9.69 Å². The van der Waals surface area contributed by atoms with Crippen molar-refractivity contribution in [2.24, 2.45) is 0 Å². The summed E-state index contributed by atoms with van der Waals surface area (Å²) < 4.78 is 19.1. The first-order chi connectivity index (χ1) is 16.0. The molecule has 0 saturated carbocycles. The smallest absolute Gasteiger partial charge is 0.248 e. The van der Waals surface area contributed by atoms with Crippen LogP contribution in [0.15, 0.2) is 48.8 Å². The quantitative estimate of drug-likeness (QED) is 0.452. The van der Waals surface area contributed by atoms with Crippen molar-refractivity contribution in [1.29, 1.82) is 0 Å². The Morgan fingerprint density at radius 1 is 1.33 bits per heavy atom. The molecule has 0 spiro atoms. The van der Waals surface area contributed by atoms with E-state index in [2.05, 4.69) is 25.5 Å². The van der Waals surface area contributed by atoms with Gasteiger partial charge in [-0.2, -0.15) is 0 Å². The van der Waals surface area contributed by atoms with Crippen LogP contribution in [0.2, 0.25) is 0 Å². The molecule has 1 unspecified atom stereocenters. The van der Waals surface area contributed by atoms with E-state index in [1.807, 2.05) is 0 Å². The van der Waals surface area contributed by atoms with Crippen molar-refractivity contribution < 1.29 is 19.0 Å². The fraction of sp³-hybridized carbons (Fsp3) is 0.292. The molecular weight excluding hydrogens is 425 g/mol. The van der Waals surface area contributed by atoms with Gasteiger partial charge in [-0.05, 0) is 43.2 Å². The molecule has 3 N–H and O–H groups in total. The lowest BCUT2D eigenvalue weighted by atomic mass is 10.0. The number of aromatic nitrogens is 2. The average Bonchev–Trinajstić information content (AvgIpc) is 2.78. The molecule has 2 heterocycles. The first kappa shape index (κ1) is 22.6. The zero-order valence-corrected chi connectivity index (χ0v) is 18.5. The molecule has 1 aliphatic heterocycles. The van der Waals surface area contributed by atoms with Crippen LogP contribution < -0.4 is 15.4 Å². The molecule has 4 rings (SSSR count). The van der Waals surface area contributed by atoms with Gasteiger partial charge in [0.15, 0.2) is 0 Å². The van der Waals surface area contributed by atoms with Crippen LogP contribution in [0.25, 0.3) is 10.9 Å². The Balaban J connectivity index is 1.55. The maximum absolute atomic E-state index is 13.6. The lowest BCUT2D eigenvalue weighted by Crippen LogP contribution is -2.49. The van der Waals surface area contributed by atoms with Gasteiger partial charge in [0.1, 0.15) is 23.7 Å². The van der Waals surface area contributed by atoms with E-state index < -0.39 is 0 Å². The summed E-state index contributed by atoms with van der Waals surface area (Å²) in [7, 11) is 1.52. The van der Waals surface area contributed by atoms with E-state index in [0.717, 1.165) is 13.0 Å². The van der Waals surface area contributed by atoms with Gasteiger partial charge in [-0.1, -0.05) is 6.08 Å². The number of likely N-dealkylation sites (tertiary alicyclic amines) is 1. The number of methoxy groups -OCH3 is 1. The summed E-state index contributed by atoms with van der Waals surface area (Å²) in [4.78, 5) is 23.2. The molecule has 1 amide bonds. The zero-order valence-electron chi connectivity index (χ0n) is 18.5. The van der Waals surface area contributed by atoms with Crippen molar-refractivity contribution in [3.63, 3.8) is 0 Å². The summed E-state index contributed by atoms with van der Waals surface area (Å²) in [5, 5.41) is 16.0. The van der Waals surface area contributed by atoms with E-state index in [1.165, 1.54) is 25.6 Å². The van der Waals surface area contributed by atoms with Crippen molar-refractivity contribution in [1.82, 2.24) is 14.9 Å². The maximum Gasteiger partial charge on any atom is 0.248 e. The molecule has 0 bridgehead atoms. The van der Waals surface area contributed by atoms with E-state index in [-0.39, 0.29) is 24.4 Å². The summed E-state index contributed by atoms with van der Waals surface area (Å²) in [5.74, 6) is 0.410. The lowest BCUT2D eigenvalue weighted by molar-refractivity contribution is -0.111. The number of aliphatic hydroxyl groups excluding tert-OH is 1. The Kier molecular flexibility index (Phi) is 6.81. The van der Waals surface area contributed by atoms with Crippen LogP contribution in [0.5, 0.6) is 5.75 Å². The monoisotopic (exact) mass is 451 g/mol. The fourth-order valence-corrected chi connectivity index (χ4v) is 3.72. The second kappa shape index (κ2) is 9.93. The van der Waals surface area contributed by atoms with Crippen LogP contribution in [0.1, 0.15) is 12.0 Å². The highest BCUT2D eigenvalue weighted by atomic mass is 19.1. The minimum Gasteiger partial charge on any atom is -0.494 e. The molecule has 1 saturated heterocycles. The molecule has 0 radical (unpaired) electrons. The molecule has 2 aromatic carbocycles. The number of benzene rings is 2. The van der Waals surface area contributed by atoms with Gasteiger partial charge in [0.2, 0.25) is 5.91 Å². The topological polar surface area (TPSA) is 99.6 Å². The fourth-order valence-electron chi connectivity index (χ4n) is 3.72. The van der Waals surface area contributed by atoms with E-state index in [0.29, 0.717) is 46.0 Å². The Morgan fingerprint density at radius 2 is 2.18 bits per heavy atom. The van der Waals surface area contributed by atoms with Gasteiger partial charge < -0.3 is 20.5 Å². The Hall–Kier alpha value is -3.56. The largest absolute Gasteiger partial charge is 0.494 e. The van der Waals surface area contributed by atoms with Gasteiger partial charge in [-0.15, -0.1) is 0 Å². The number of aliphatic hydroxyl groups is 1. The molecule has 1 aliphatic rings. The number of aryl methyl sites for hydroxylation is 1. The highest BCUT2D eigenvalue weighted by molar-refractivity contribution is 6.03. The number of anilines is 3. The number of nitrogens with zero attached hydrogens (tertiary/aromatic N) is 3. The van der Waals surface area contributed by atoms with Crippen molar-refractivity contribution >= 4 is 34.0 Å². The number of carbonyl (C=O) groups is 1. The van der Waals surface area contributed by atoms with Crippen molar-refractivity contribution in [2.45, 2.75) is 19.4 Å². The number of nitrogens with one attached hydrogen (secondary N) is 2. The van der Waals surface area contributed by atoms with Crippen molar-refractivity contribution in [2.75, 3.05) is 37.4 Å². The highest BCUT2D eigenvalue weighted by Gasteiger charge is 2.25.